The molecule has 0 aromatic carbocycles. The van der Waals surface area contributed by atoms with Gasteiger partial charge in [-0.3, -0.25) is 9.30 Å². The van der Waals surface area contributed by atoms with E-state index in [1.165, 1.54) is 10.6 Å². The van der Waals surface area contributed by atoms with Crippen LogP contribution < -0.4 is 0 Å². The molecule has 2 aromatic rings. The van der Waals surface area contributed by atoms with Gasteiger partial charge in [0.2, 0.25) is 0 Å². The quantitative estimate of drug-likeness (QED) is 0.801. The first-order chi connectivity index (χ1) is 9.15. The second-order valence-electron chi connectivity index (χ2n) is 4.72. The molecule has 2 rings (SSSR count). The van der Waals surface area contributed by atoms with E-state index in [9.17, 15) is 0 Å². The van der Waals surface area contributed by atoms with Gasteiger partial charge in [-0.05, 0) is 20.3 Å². The summed E-state index contributed by atoms with van der Waals surface area (Å²) in [4.78, 5) is 8.99. The van der Waals surface area contributed by atoms with Gasteiger partial charge in [-0.2, -0.15) is 0 Å². The van der Waals surface area contributed by atoms with Gasteiger partial charge in [0.15, 0.2) is 4.96 Å². The van der Waals surface area contributed by atoms with E-state index in [2.05, 4.69) is 27.4 Å². The number of rotatable bonds is 7. The van der Waals surface area contributed by atoms with Crippen molar-refractivity contribution in [3.63, 3.8) is 0 Å². The Morgan fingerprint density at radius 2 is 2.05 bits per heavy atom. The highest BCUT2D eigenvalue weighted by atomic mass is 32.1. The fourth-order valence-electron chi connectivity index (χ4n) is 2.22. The molecule has 2 heterocycles. The van der Waals surface area contributed by atoms with Crippen LogP contribution in [0.4, 0.5) is 0 Å². The Bertz CT molecular complexity index is 535. The number of hydrogen-bond acceptors (Lipinski definition) is 5. The van der Waals surface area contributed by atoms with Gasteiger partial charge in [0.05, 0.1) is 18.0 Å². The molecule has 5 nitrogen and oxygen atoms in total. The zero-order valence-electron chi connectivity index (χ0n) is 11.5. The van der Waals surface area contributed by atoms with Gasteiger partial charge in [0.25, 0.3) is 0 Å². The van der Waals surface area contributed by atoms with E-state index < -0.39 is 0 Å². The fraction of sp³-hybridized carbons (Fsp3) is 0.615. The maximum atomic E-state index is 9.13. The number of aliphatic hydroxyl groups excluding tert-OH is 2. The summed E-state index contributed by atoms with van der Waals surface area (Å²) in [5, 5.41) is 18.1. The second kappa shape index (κ2) is 6.47. The summed E-state index contributed by atoms with van der Waals surface area (Å²) in [6.07, 6.45) is 2.84. The standard InChI is InChI=1S/C13H21N3O2S/c1-10-8-16-12(11(2)14-13(16)19-10)9-15(5-7-18)4-3-6-17/h8,17-18H,3-7,9H2,1-2H3. The third-order valence-electron chi connectivity index (χ3n) is 3.16. The van der Waals surface area contributed by atoms with E-state index in [0.29, 0.717) is 6.54 Å². The molecule has 6 heteroatoms. The average molecular weight is 283 g/mol. The third-order valence-corrected chi connectivity index (χ3v) is 4.06. The van der Waals surface area contributed by atoms with E-state index in [0.717, 1.165) is 30.2 Å². The number of thiazole rings is 1. The largest absolute Gasteiger partial charge is 0.396 e. The van der Waals surface area contributed by atoms with Crippen LogP contribution in [0.3, 0.4) is 0 Å². The number of imidazole rings is 1. The molecule has 19 heavy (non-hydrogen) atoms. The molecule has 0 atom stereocenters. The van der Waals surface area contributed by atoms with Crippen molar-refractivity contribution in [2.45, 2.75) is 26.8 Å². The van der Waals surface area contributed by atoms with Crippen molar-refractivity contribution in [1.82, 2.24) is 14.3 Å². The minimum absolute atomic E-state index is 0.134. The smallest absolute Gasteiger partial charge is 0.194 e. The Labute approximate surface area is 117 Å². The minimum Gasteiger partial charge on any atom is -0.396 e. The molecule has 0 amide bonds. The van der Waals surface area contributed by atoms with Crippen LogP contribution in [0.15, 0.2) is 6.20 Å². The van der Waals surface area contributed by atoms with Crippen molar-refractivity contribution in [3.8, 4) is 0 Å². The lowest BCUT2D eigenvalue weighted by Gasteiger charge is -2.20. The Kier molecular flexibility index (Phi) is 4.93. The Morgan fingerprint density at radius 1 is 1.26 bits per heavy atom. The van der Waals surface area contributed by atoms with Gasteiger partial charge in [0, 0.05) is 37.3 Å². The molecular weight excluding hydrogens is 262 g/mol. The number of hydrogen-bond donors (Lipinski definition) is 2. The van der Waals surface area contributed by atoms with Crippen molar-refractivity contribution < 1.29 is 10.2 Å². The van der Waals surface area contributed by atoms with Crippen molar-refractivity contribution >= 4 is 16.3 Å². The highest BCUT2D eigenvalue weighted by Crippen LogP contribution is 2.21. The number of nitrogens with zero attached hydrogens (tertiary/aromatic N) is 3. The Balaban J connectivity index is 2.19. The molecule has 0 spiro atoms. The number of aryl methyl sites for hydroxylation is 2. The summed E-state index contributed by atoms with van der Waals surface area (Å²) >= 11 is 1.69. The summed E-state index contributed by atoms with van der Waals surface area (Å²) in [7, 11) is 0. The first-order valence-corrected chi connectivity index (χ1v) is 7.35. The molecular formula is C13H21N3O2S. The zero-order valence-corrected chi connectivity index (χ0v) is 12.3. The first kappa shape index (κ1) is 14.5. The molecule has 2 aromatic heterocycles. The molecule has 2 N–H and O–H groups in total. The van der Waals surface area contributed by atoms with Crippen LogP contribution in [0.25, 0.3) is 4.96 Å². The van der Waals surface area contributed by atoms with E-state index >= 15 is 0 Å². The molecule has 0 bridgehead atoms. The molecule has 0 fully saturated rings. The molecule has 106 valence electrons. The van der Waals surface area contributed by atoms with Crippen LogP contribution >= 0.6 is 11.3 Å². The lowest BCUT2D eigenvalue weighted by Crippen LogP contribution is -2.29. The summed E-state index contributed by atoms with van der Waals surface area (Å²) in [5.74, 6) is 0. The Morgan fingerprint density at radius 3 is 2.74 bits per heavy atom. The topological polar surface area (TPSA) is 61.0 Å². The zero-order chi connectivity index (χ0) is 13.8. The third kappa shape index (κ3) is 3.33. The minimum atomic E-state index is 0.134. The first-order valence-electron chi connectivity index (χ1n) is 6.53. The number of aliphatic hydroxyl groups is 2. The summed E-state index contributed by atoms with van der Waals surface area (Å²) in [6.45, 7) is 6.57. The molecule has 0 aliphatic carbocycles. The maximum Gasteiger partial charge on any atom is 0.194 e. The average Bonchev–Trinajstić information content (AvgIpc) is 2.84. The van der Waals surface area contributed by atoms with Gasteiger partial charge in [-0.25, -0.2) is 4.98 Å². The van der Waals surface area contributed by atoms with Gasteiger partial charge in [0.1, 0.15) is 0 Å². The monoisotopic (exact) mass is 283 g/mol. The second-order valence-corrected chi connectivity index (χ2v) is 5.93. The lowest BCUT2D eigenvalue weighted by atomic mass is 10.3. The highest BCUT2D eigenvalue weighted by molar-refractivity contribution is 7.17. The van der Waals surface area contributed by atoms with Crippen LogP contribution in [0.1, 0.15) is 22.7 Å². The maximum absolute atomic E-state index is 9.13. The Hall–Kier alpha value is -0.950. The predicted octanol–water partition coefficient (Wildman–Crippen LogP) is 1.19. The van der Waals surface area contributed by atoms with Crippen molar-refractivity contribution in [2.24, 2.45) is 0 Å². The van der Waals surface area contributed by atoms with Crippen LogP contribution in [-0.2, 0) is 6.54 Å². The molecule has 0 saturated carbocycles. The van der Waals surface area contributed by atoms with Gasteiger partial charge in [-0.1, -0.05) is 0 Å². The van der Waals surface area contributed by atoms with E-state index in [4.69, 9.17) is 10.2 Å². The van der Waals surface area contributed by atoms with Gasteiger partial charge in [-0.15, -0.1) is 11.3 Å². The lowest BCUT2D eigenvalue weighted by molar-refractivity contribution is 0.172. The normalized spacial score (nSPS) is 11.8. The van der Waals surface area contributed by atoms with Gasteiger partial charge < -0.3 is 10.2 Å². The van der Waals surface area contributed by atoms with Crippen molar-refractivity contribution in [3.05, 3.63) is 22.5 Å². The molecule has 0 saturated heterocycles. The molecule has 0 radical (unpaired) electrons. The summed E-state index contributed by atoms with van der Waals surface area (Å²) < 4.78 is 2.14. The van der Waals surface area contributed by atoms with E-state index in [1.807, 2.05) is 6.92 Å². The van der Waals surface area contributed by atoms with E-state index in [-0.39, 0.29) is 13.2 Å². The summed E-state index contributed by atoms with van der Waals surface area (Å²) in [6, 6.07) is 0. The number of aromatic nitrogens is 2. The number of fused-ring (bicyclic) bond motifs is 1. The van der Waals surface area contributed by atoms with Gasteiger partial charge >= 0.3 is 0 Å². The molecule has 0 aliphatic rings. The van der Waals surface area contributed by atoms with Crippen molar-refractivity contribution in [1.29, 1.82) is 0 Å². The molecule has 0 unspecified atom stereocenters. The molecule has 0 aliphatic heterocycles. The van der Waals surface area contributed by atoms with E-state index in [1.54, 1.807) is 11.3 Å². The van der Waals surface area contributed by atoms with Crippen LogP contribution in [0.2, 0.25) is 0 Å². The summed E-state index contributed by atoms with van der Waals surface area (Å²) in [5.41, 5.74) is 2.21. The van der Waals surface area contributed by atoms with Crippen LogP contribution in [-0.4, -0.2) is 50.8 Å². The van der Waals surface area contributed by atoms with Crippen LogP contribution in [0.5, 0.6) is 0 Å². The van der Waals surface area contributed by atoms with Crippen molar-refractivity contribution in [2.75, 3.05) is 26.3 Å². The predicted molar refractivity (Wildman–Crippen MR) is 76.6 cm³/mol. The van der Waals surface area contributed by atoms with Crippen LogP contribution in [0, 0.1) is 13.8 Å². The SMILES string of the molecule is Cc1cn2c(CN(CCO)CCCO)c(C)nc2s1. The fourth-order valence-corrected chi connectivity index (χ4v) is 3.11. The highest BCUT2D eigenvalue weighted by Gasteiger charge is 2.14.